The summed E-state index contributed by atoms with van der Waals surface area (Å²) in [6, 6.07) is 5.32. The second kappa shape index (κ2) is 10.2. The molecule has 1 aliphatic rings. The number of furan rings is 1. The van der Waals surface area contributed by atoms with Gasteiger partial charge in [0.05, 0.1) is 25.1 Å². The van der Waals surface area contributed by atoms with Crippen molar-refractivity contribution in [2.24, 2.45) is 13.0 Å². The number of rotatable bonds is 9. The molecule has 0 saturated carbocycles. The molecule has 0 aromatic carbocycles. The molecule has 0 radical (unpaired) electrons. The van der Waals surface area contributed by atoms with Gasteiger partial charge in [-0.2, -0.15) is 0 Å². The van der Waals surface area contributed by atoms with E-state index < -0.39 is 5.92 Å². The molecule has 7 nitrogen and oxygen atoms in total. The van der Waals surface area contributed by atoms with E-state index in [0.717, 1.165) is 38.5 Å². The largest absolute Gasteiger partial charge is 0.477 e. The first-order chi connectivity index (χ1) is 16.2. The smallest absolute Gasteiger partial charge is 0.261 e. The third-order valence-electron chi connectivity index (χ3n) is 6.08. The third kappa shape index (κ3) is 5.82. The van der Waals surface area contributed by atoms with Crippen LogP contribution in [0.5, 0.6) is 5.88 Å². The zero-order chi connectivity index (χ0) is 24.3. The number of nitrogens with zero attached hydrogens (tertiary/aromatic N) is 3. The van der Waals surface area contributed by atoms with Gasteiger partial charge in [0, 0.05) is 51.2 Å². The van der Waals surface area contributed by atoms with E-state index in [1.54, 1.807) is 30.4 Å². The first-order valence-corrected chi connectivity index (χ1v) is 11.6. The number of aromatic nitrogens is 2. The van der Waals surface area contributed by atoms with Crippen molar-refractivity contribution in [2.45, 2.75) is 39.2 Å². The molecular weight excluding hydrogens is 444 g/mol. The molecule has 3 aromatic heterocycles. The third-order valence-corrected chi connectivity index (χ3v) is 6.08. The van der Waals surface area contributed by atoms with Gasteiger partial charge in [-0.05, 0) is 43.0 Å². The van der Waals surface area contributed by atoms with Crippen molar-refractivity contribution in [3.05, 3.63) is 46.7 Å². The maximum Gasteiger partial charge on any atom is 0.261 e. The van der Waals surface area contributed by atoms with Crippen LogP contribution in [0.25, 0.3) is 22.1 Å². The molecular formula is C25H31F2N3O4. The highest BCUT2D eigenvalue weighted by atomic mass is 19.3. The van der Waals surface area contributed by atoms with E-state index >= 15 is 0 Å². The van der Waals surface area contributed by atoms with Gasteiger partial charge in [-0.15, -0.1) is 0 Å². The van der Waals surface area contributed by atoms with Crippen molar-refractivity contribution >= 4 is 11.0 Å². The van der Waals surface area contributed by atoms with Gasteiger partial charge in [0.15, 0.2) is 0 Å². The summed E-state index contributed by atoms with van der Waals surface area (Å²) in [5.74, 6) is -1.41. The number of alkyl halides is 2. The van der Waals surface area contributed by atoms with Gasteiger partial charge in [-0.25, -0.2) is 13.8 Å². The minimum atomic E-state index is -2.82. The zero-order valence-corrected chi connectivity index (χ0v) is 19.9. The van der Waals surface area contributed by atoms with Crippen LogP contribution in [0.1, 0.15) is 32.4 Å². The summed E-state index contributed by atoms with van der Waals surface area (Å²) < 4.78 is 46.0. The Balaban J connectivity index is 1.62. The quantitative estimate of drug-likeness (QED) is 0.455. The number of hydrogen-bond donors (Lipinski definition) is 0. The van der Waals surface area contributed by atoms with Gasteiger partial charge in [0.25, 0.3) is 11.5 Å². The van der Waals surface area contributed by atoms with Crippen molar-refractivity contribution in [3.63, 3.8) is 0 Å². The average molecular weight is 476 g/mol. The normalized spacial score (nSPS) is 15.4. The monoisotopic (exact) mass is 475 g/mol. The van der Waals surface area contributed by atoms with Gasteiger partial charge in [0.1, 0.15) is 11.3 Å². The molecule has 0 spiro atoms. The van der Waals surface area contributed by atoms with Crippen LogP contribution in [0.3, 0.4) is 0 Å². The lowest BCUT2D eigenvalue weighted by Gasteiger charge is -2.22. The van der Waals surface area contributed by atoms with Crippen LogP contribution in [0.2, 0.25) is 0 Å². The Morgan fingerprint density at radius 3 is 2.76 bits per heavy atom. The molecule has 1 aliphatic heterocycles. The minimum absolute atomic E-state index is 0.188. The van der Waals surface area contributed by atoms with Crippen molar-refractivity contribution in [3.8, 4) is 17.0 Å². The molecule has 0 unspecified atom stereocenters. The lowest BCUT2D eigenvalue weighted by Crippen LogP contribution is -2.34. The van der Waals surface area contributed by atoms with Crippen LogP contribution >= 0.6 is 0 Å². The van der Waals surface area contributed by atoms with E-state index in [-0.39, 0.29) is 18.6 Å². The van der Waals surface area contributed by atoms with E-state index in [1.807, 2.05) is 19.1 Å². The Morgan fingerprint density at radius 1 is 1.29 bits per heavy atom. The highest BCUT2D eigenvalue weighted by Gasteiger charge is 2.25. The summed E-state index contributed by atoms with van der Waals surface area (Å²) in [4.78, 5) is 18.7. The molecule has 184 valence electrons. The molecule has 0 bridgehead atoms. The molecule has 34 heavy (non-hydrogen) atoms. The first-order valence-electron chi connectivity index (χ1n) is 11.6. The highest BCUT2D eigenvalue weighted by Crippen LogP contribution is 2.31. The molecule has 1 saturated heterocycles. The van der Waals surface area contributed by atoms with Crippen molar-refractivity contribution in [1.29, 1.82) is 0 Å². The Morgan fingerprint density at radius 2 is 2.06 bits per heavy atom. The Hall–Kier alpha value is -2.78. The molecule has 3 aromatic rings. The second-order valence-electron chi connectivity index (χ2n) is 9.04. The number of halogens is 2. The van der Waals surface area contributed by atoms with Crippen LogP contribution in [0.4, 0.5) is 8.78 Å². The fourth-order valence-corrected chi connectivity index (χ4v) is 4.25. The van der Waals surface area contributed by atoms with Crippen LogP contribution < -0.4 is 10.3 Å². The Bertz CT molecular complexity index is 1180. The van der Waals surface area contributed by atoms with Crippen molar-refractivity contribution in [1.82, 2.24) is 14.5 Å². The standard InChI is InChI=1S/C25H31F2N3O4/c1-4-30(16-25(2,26)27)13-19-12-20-23(34-19)21(14-29(3)24(20)31)18-5-8-28-22(11-18)33-15-17-6-9-32-10-7-17/h5,8,11-12,14,17H,4,6-7,9-10,13,15-16H2,1-3H3. The van der Waals surface area contributed by atoms with E-state index in [9.17, 15) is 13.6 Å². The maximum absolute atomic E-state index is 13.5. The Kier molecular flexibility index (Phi) is 7.33. The molecule has 0 amide bonds. The predicted octanol–water partition coefficient (Wildman–Crippen LogP) is 4.48. The zero-order valence-electron chi connectivity index (χ0n) is 19.9. The van der Waals surface area contributed by atoms with E-state index in [1.165, 1.54) is 4.57 Å². The molecule has 9 heteroatoms. The number of pyridine rings is 2. The lowest BCUT2D eigenvalue weighted by atomic mass is 10.0. The number of fused-ring (bicyclic) bond motifs is 1. The fourth-order valence-electron chi connectivity index (χ4n) is 4.25. The highest BCUT2D eigenvalue weighted by molar-refractivity contribution is 5.92. The number of aryl methyl sites for hydroxylation is 1. The summed E-state index contributed by atoms with van der Waals surface area (Å²) >= 11 is 0. The first kappa shape index (κ1) is 24.3. The topological polar surface area (TPSA) is 69.7 Å². The SMILES string of the molecule is CCN(Cc1cc2c(=O)n(C)cc(-c3ccnc(OCC4CCOCC4)c3)c2o1)CC(C)(F)F. The lowest BCUT2D eigenvalue weighted by molar-refractivity contribution is -0.0165. The minimum Gasteiger partial charge on any atom is -0.477 e. The van der Waals surface area contributed by atoms with Gasteiger partial charge >= 0.3 is 0 Å². The van der Waals surface area contributed by atoms with Crippen molar-refractivity contribution in [2.75, 3.05) is 32.9 Å². The van der Waals surface area contributed by atoms with Crippen molar-refractivity contribution < 1.29 is 22.7 Å². The molecule has 4 heterocycles. The van der Waals surface area contributed by atoms with Gasteiger partial charge in [0.2, 0.25) is 5.88 Å². The molecule has 0 atom stereocenters. The Labute approximate surface area is 197 Å². The molecule has 1 fully saturated rings. The average Bonchev–Trinajstić information content (AvgIpc) is 3.23. The van der Waals surface area contributed by atoms with E-state index in [2.05, 4.69) is 4.98 Å². The maximum atomic E-state index is 13.5. The second-order valence-corrected chi connectivity index (χ2v) is 9.04. The van der Waals surface area contributed by atoms with Gasteiger partial charge in [-0.3, -0.25) is 9.69 Å². The summed E-state index contributed by atoms with van der Waals surface area (Å²) in [5, 5.41) is 0.413. The number of ether oxygens (including phenoxy) is 2. The van der Waals surface area contributed by atoms with Crippen LogP contribution in [-0.4, -0.2) is 53.3 Å². The van der Waals surface area contributed by atoms with Gasteiger partial charge in [-0.1, -0.05) is 6.92 Å². The van der Waals surface area contributed by atoms with E-state index in [4.69, 9.17) is 13.9 Å². The predicted molar refractivity (Wildman–Crippen MR) is 125 cm³/mol. The number of hydrogen-bond acceptors (Lipinski definition) is 6. The van der Waals surface area contributed by atoms with Crippen LogP contribution in [0, 0.1) is 5.92 Å². The van der Waals surface area contributed by atoms with Crippen LogP contribution in [0.15, 0.2) is 39.8 Å². The van der Waals surface area contributed by atoms with E-state index in [0.29, 0.717) is 47.2 Å². The molecule has 0 aliphatic carbocycles. The van der Waals surface area contributed by atoms with Gasteiger partial charge < -0.3 is 18.5 Å². The molecule has 4 rings (SSSR count). The summed E-state index contributed by atoms with van der Waals surface area (Å²) in [6.45, 7) is 5.03. The molecule has 0 N–H and O–H groups in total. The fraction of sp³-hybridized carbons (Fsp3) is 0.520. The summed E-state index contributed by atoms with van der Waals surface area (Å²) in [5.41, 5.74) is 1.73. The summed E-state index contributed by atoms with van der Waals surface area (Å²) in [7, 11) is 1.68. The summed E-state index contributed by atoms with van der Waals surface area (Å²) in [6.07, 6.45) is 5.31. The van der Waals surface area contributed by atoms with Crippen LogP contribution in [-0.2, 0) is 18.3 Å².